The van der Waals surface area contributed by atoms with Crippen molar-refractivity contribution in [3.63, 3.8) is 0 Å². The molecule has 0 bridgehead atoms. The lowest BCUT2D eigenvalue weighted by molar-refractivity contribution is -0.113. The molecule has 3 rings (SSSR count). The molecule has 0 heterocycles. The molecule has 3 aromatic carbocycles. The van der Waals surface area contributed by atoms with Gasteiger partial charge in [-0.05, 0) is 66.7 Å². The van der Waals surface area contributed by atoms with Crippen molar-refractivity contribution < 1.29 is 19.5 Å². The zero-order chi connectivity index (χ0) is 21.5. The molecule has 3 aromatic rings. The van der Waals surface area contributed by atoms with E-state index in [0.29, 0.717) is 22.0 Å². The van der Waals surface area contributed by atoms with E-state index < -0.39 is 5.97 Å². The Morgan fingerprint density at radius 1 is 0.833 bits per heavy atom. The van der Waals surface area contributed by atoms with E-state index in [9.17, 15) is 14.4 Å². The molecular formula is C22H17ClN2O4S. The molecule has 0 atom stereocenters. The highest BCUT2D eigenvalue weighted by atomic mass is 35.5. The van der Waals surface area contributed by atoms with Crippen LogP contribution in [0.3, 0.4) is 0 Å². The molecule has 0 saturated carbocycles. The van der Waals surface area contributed by atoms with Crippen LogP contribution in [0.25, 0.3) is 0 Å². The molecule has 3 N–H and O–H groups in total. The van der Waals surface area contributed by atoms with Gasteiger partial charge < -0.3 is 15.7 Å². The zero-order valence-corrected chi connectivity index (χ0v) is 17.2. The number of rotatable bonds is 7. The first-order chi connectivity index (χ1) is 14.4. The third kappa shape index (κ3) is 6.10. The first-order valence-corrected chi connectivity index (χ1v) is 10.2. The molecule has 0 radical (unpaired) electrons. The highest BCUT2D eigenvalue weighted by Crippen LogP contribution is 2.21. The van der Waals surface area contributed by atoms with Gasteiger partial charge in [0.05, 0.1) is 11.3 Å². The van der Waals surface area contributed by atoms with Crippen LogP contribution in [-0.4, -0.2) is 28.6 Å². The summed E-state index contributed by atoms with van der Waals surface area (Å²) in [5.41, 5.74) is 1.79. The minimum atomic E-state index is -1.02. The second kappa shape index (κ2) is 9.96. The van der Waals surface area contributed by atoms with E-state index in [2.05, 4.69) is 10.6 Å². The number of amides is 2. The number of halogens is 1. The Morgan fingerprint density at radius 2 is 1.47 bits per heavy atom. The van der Waals surface area contributed by atoms with Crippen LogP contribution in [0.2, 0.25) is 5.02 Å². The van der Waals surface area contributed by atoms with Gasteiger partial charge in [0.1, 0.15) is 0 Å². The summed E-state index contributed by atoms with van der Waals surface area (Å²) >= 11 is 7.25. The van der Waals surface area contributed by atoms with E-state index in [1.807, 2.05) is 12.1 Å². The molecule has 0 aliphatic heterocycles. The Kier molecular flexibility index (Phi) is 7.11. The Hall–Kier alpha value is -3.29. The Labute approximate surface area is 182 Å². The summed E-state index contributed by atoms with van der Waals surface area (Å²) in [4.78, 5) is 36.0. The number of thioether (sulfide) groups is 1. The van der Waals surface area contributed by atoms with Crippen molar-refractivity contribution in [2.24, 2.45) is 0 Å². The predicted octanol–water partition coefficient (Wildman–Crippen LogP) is 5.02. The second-order valence-electron chi connectivity index (χ2n) is 6.21. The SMILES string of the molecule is O=C(CSc1ccc(NC(=O)c2cccc(Cl)c2)cc1)Nc1ccc(C(=O)O)cc1. The van der Waals surface area contributed by atoms with Gasteiger partial charge in [0, 0.05) is 26.9 Å². The third-order valence-electron chi connectivity index (χ3n) is 3.98. The van der Waals surface area contributed by atoms with E-state index in [1.54, 1.807) is 48.5 Å². The highest BCUT2D eigenvalue weighted by Gasteiger charge is 2.08. The molecule has 0 spiro atoms. The highest BCUT2D eigenvalue weighted by molar-refractivity contribution is 8.00. The van der Waals surface area contributed by atoms with Crippen molar-refractivity contribution in [3.05, 3.63) is 88.9 Å². The van der Waals surface area contributed by atoms with Crippen LogP contribution in [0.4, 0.5) is 11.4 Å². The Morgan fingerprint density at radius 3 is 2.10 bits per heavy atom. The lowest BCUT2D eigenvalue weighted by Gasteiger charge is -2.08. The van der Waals surface area contributed by atoms with Crippen LogP contribution in [-0.2, 0) is 4.79 Å². The smallest absolute Gasteiger partial charge is 0.335 e. The summed E-state index contributed by atoms with van der Waals surface area (Å²) in [6, 6.07) is 19.8. The number of carbonyl (C=O) groups is 3. The van der Waals surface area contributed by atoms with Gasteiger partial charge in [0.2, 0.25) is 5.91 Å². The number of hydrogen-bond acceptors (Lipinski definition) is 4. The number of carbonyl (C=O) groups excluding carboxylic acids is 2. The summed E-state index contributed by atoms with van der Waals surface area (Å²) in [7, 11) is 0. The van der Waals surface area contributed by atoms with Crippen LogP contribution < -0.4 is 10.6 Å². The molecule has 0 aliphatic carbocycles. The van der Waals surface area contributed by atoms with Crippen LogP contribution >= 0.6 is 23.4 Å². The maximum Gasteiger partial charge on any atom is 0.335 e. The lowest BCUT2D eigenvalue weighted by atomic mass is 10.2. The number of anilines is 2. The van der Waals surface area contributed by atoms with Gasteiger partial charge in [-0.15, -0.1) is 11.8 Å². The predicted molar refractivity (Wildman–Crippen MR) is 119 cm³/mol. The molecule has 0 unspecified atom stereocenters. The fourth-order valence-electron chi connectivity index (χ4n) is 2.51. The third-order valence-corrected chi connectivity index (χ3v) is 5.23. The van der Waals surface area contributed by atoms with Gasteiger partial charge in [-0.1, -0.05) is 17.7 Å². The fraction of sp³-hybridized carbons (Fsp3) is 0.0455. The average molecular weight is 441 g/mol. The lowest BCUT2D eigenvalue weighted by Crippen LogP contribution is -2.14. The minimum Gasteiger partial charge on any atom is -0.478 e. The summed E-state index contributed by atoms with van der Waals surface area (Å²) in [5.74, 6) is -1.29. The molecular weight excluding hydrogens is 424 g/mol. The molecule has 2 amide bonds. The Balaban J connectivity index is 1.49. The molecule has 152 valence electrons. The molecule has 0 aliphatic rings. The van der Waals surface area contributed by atoms with Gasteiger partial charge in [0.15, 0.2) is 0 Å². The average Bonchev–Trinajstić information content (AvgIpc) is 2.73. The van der Waals surface area contributed by atoms with Crippen molar-refractivity contribution in [1.29, 1.82) is 0 Å². The number of nitrogens with one attached hydrogen (secondary N) is 2. The van der Waals surface area contributed by atoms with Crippen LogP contribution in [0.15, 0.2) is 77.7 Å². The van der Waals surface area contributed by atoms with E-state index in [-0.39, 0.29) is 23.1 Å². The van der Waals surface area contributed by atoms with Crippen LogP contribution in [0.1, 0.15) is 20.7 Å². The van der Waals surface area contributed by atoms with Crippen LogP contribution in [0, 0.1) is 0 Å². The van der Waals surface area contributed by atoms with Crippen molar-refractivity contribution in [2.75, 3.05) is 16.4 Å². The van der Waals surface area contributed by atoms with E-state index in [4.69, 9.17) is 16.7 Å². The quantitative estimate of drug-likeness (QED) is 0.448. The van der Waals surface area contributed by atoms with Gasteiger partial charge in [-0.2, -0.15) is 0 Å². The fourth-order valence-corrected chi connectivity index (χ4v) is 3.40. The van der Waals surface area contributed by atoms with E-state index in [0.717, 1.165) is 4.90 Å². The first kappa shape index (κ1) is 21.4. The standard InChI is InChI=1S/C22H17ClN2O4S/c23-16-3-1-2-15(12-16)21(27)25-18-8-10-19(11-9-18)30-13-20(26)24-17-6-4-14(5-7-17)22(28)29/h1-12H,13H2,(H,24,26)(H,25,27)(H,28,29). The molecule has 0 saturated heterocycles. The van der Waals surface area contributed by atoms with Crippen LogP contribution in [0.5, 0.6) is 0 Å². The van der Waals surface area contributed by atoms with Crippen molar-refractivity contribution in [2.45, 2.75) is 4.90 Å². The van der Waals surface area contributed by atoms with E-state index in [1.165, 1.54) is 23.9 Å². The molecule has 30 heavy (non-hydrogen) atoms. The summed E-state index contributed by atoms with van der Waals surface area (Å²) in [6.07, 6.45) is 0. The van der Waals surface area contributed by atoms with Gasteiger partial charge >= 0.3 is 5.97 Å². The van der Waals surface area contributed by atoms with Gasteiger partial charge in [0.25, 0.3) is 5.91 Å². The summed E-state index contributed by atoms with van der Waals surface area (Å²) < 4.78 is 0. The monoisotopic (exact) mass is 440 g/mol. The molecule has 6 nitrogen and oxygen atoms in total. The normalized spacial score (nSPS) is 10.3. The van der Waals surface area contributed by atoms with E-state index >= 15 is 0 Å². The number of hydrogen-bond donors (Lipinski definition) is 3. The van der Waals surface area contributed by atoms with Crippen molar-refractivity contribution >= 4 is 52.5 Å². The maximum absolute atomic E-state index is 12.2. The maximum atomic E-state index is 12.2. The van der Waals surface area contributed by atoms with Gasteiger partial charge in [-0.25, -0.2) is 4.79 Å². The first-order valence-electron chi connectivity index (χ1n) is 8.84. The number of carboxylic acids is 1. The Bertz CT molecular complexity index is 1070. The minimum absolute atomic E-state index is 0.157. The zero-order valence-electron chi connectivity index (χ0n) is 15.6. The molecule has 8 heteroatoms. The number of aromatic carboxylic acids is 1. The van der Waals surface area contributed by atoms with Gasteiger partial charge in [-0.3, -0.25) is 9.59 Å². The second-order valence-corrected chi connectivity index (χ2v) is 7.69. The van der Waals surface area contributed by atoms with Crippen molar-refractivity contribution in [1.82, 2.24) is 0 Å². The molecule has 0 aromatic heterocycles. The largest absolute Gasteiger partial charge is 0.478 e. The number of carboxylic acid groups (broad SMARTS) is 1. The molecule has 0 fully saturated rings. The summed E-state index contributed by atoms with van der Waals surface area (Å²) in [5, 5.41) is 14.9. The summed E-state index contributed by atoms with van der Waals surface area (Å²) in [6.45, 7) is 0. The number of benzene rings is 3. The van der Waals surface area contributed by atoms with Crippen molar-refractivity contribution in [3.8, 4) is 0 Å². The topological polar surface area (TPSA) is 95.5 Å².